The topological polar surface area (TPSA) is 54.4 Å². The molecule has 0 bridgehead atoms. The number of allylic oxidation sites excluding steroid dienone is 4. The van der Waals surface area contributed by atoms with Gasteiger partial charge < -0.3 is 5.11 Å². The molecule has 3 aliphatic rings. The zero-order chi connectivity index (χ0) is 22.0. The van der Waals surface area contributed by atoms with Gasteiger partial charge in [0.2, 0.25) is 0 Å². The van der Waals surface area contributed by atoms with Crippen molar-refractivity contribution in [2.45, 2.75) is 44.3 Å². The average molecular weight is 429 g/mol. The summed E-state index contributed by atoms with van der Waals surface area (Å²) in [6, 6.07) is 12.5. The van der Waals surface area contributed by atoms with E-state index in [0.717, 1.165) is 30.4 Å². The van der Waals surface area contributed by atoms with Gasteiger partial charge in [-0.05, 0) is 41.5 Å². The summed E-state index contributed by atoms with van der Waals surface area (Å²) in [7, 11) is -1.84. The minimum atomic E-state index is -1.84. The largest absolute Gasteiger partial charge is 0.507 e. The molecule has 2 aromatic carbocycles. The Balaban J connectivity index is 1.61. The second-order valence-corrected chi connectivity index (χ2v) is 15.1. The number of hydrogen-bond donors (Lipinski definition) is 1. The summed E-state index contributed by atoms with van der Waals surface area (Å²) in [5.74, 6) is -1.12. The van der Waals surface area contributed by atoms with Crippen molar-refractivity contribution >= 4 is 24.8 Å². The number of fused-ring (bicyclic) bond motifs is 4. The van der Waals surface area contributed by atoms with Gasteiger partial charge in [-0.2, -0.15) is 0 Å². The number of phenolic OH excluding ortho intramolecular Hbond substituents is 1. The van der Waals surface area contributed by atoms with Gasteiger partial charge in [0.15, 0.2) is 11.6 Å². The van der Waals surface area contributed by atoms with Crippen molar-refractivity contribution in [1.29, 1.82) is 0 Å². The van der Waals surface area contributed by atoms with Gasteiger partial charge in [0.1, 0.15) is 5.75 Å². The van der Waals surface area contributed by atoms with Crippen LogP contribution in [0.2, 0.25) is 18.1 Å². The second-order valence-electron chi connectivity index (χ2n) is 10.1. The van der Waals surface area contributed by atoms with Crippen LogP contribution in [0, 0.1) is 11.8 Å². The minimum Gasteiger partial charge on any atom is -0.507 e. The van der Waals surface area contributed by atoms with Crippen LogP contribution in [0.3, 0.4) is 0 Å². The van der Waals surface area contributed by atoms with Crippen LogP contribution in [0.5, 0.6) is 5.75 Å². The maximum absolute atomic E-state index is 13.5. The number of carbonyl (C=O) groups excluding carboxylic acids is 2. The van der Waals surface area contributed by atoms with Gasteiger partial charge in [-0.3, -0.25) is 9.59 Å². The number of rotatable bonds is 2. The fourth-order valence-electron chi connectivity index (χ4n) is 5.82. The molecule has 31 heavy (non-hydrogen) atoms. The van der Waals surface area contributed by atoms with E-state index in [9.17, 15) is 14.7 Å². The standard InChI is InChI=1S/C27H28O3Si/c1-27(31(2,3)18-9-5-4-6-10-18)14-13-19-17(16-27)15-22(28)24-23(19)25(29)20-11-7-8-12-21(20)26(24)30/h4-12,15,20-21,28H,13-14,16H2,1-3H3. The van der Waals surface area contributed by atoms with E-state index in [4.69, 9.17) is 0 Å². The number of hydrogen-bond acceptors (Lipinski definition) is 3. The summed E-state index contributed by atoms with van der Waals surface area (Å²) in [4.78, 5) is 26.6. The Labute approximate surface area is 184 Å². The van der Waals surface area contributed by atoms with Crippen LogP contribution in [0.25, 0.3) is 0 Å². The van der Waals surface area contributed by atoms with Gasteiger partial charge in [-0.25, -0.2) is 0 Å². The Morgan fingerprint density at radius 2 is 1.58 bits per heavy atom. The fraction of sp³-hybridized carbons (Fsp3) is 0.333. The molecule has 0 heterocycles. The van der Waals surface area contributed by atoms with Crippen LogP contribution in [0.1, 0.15) is 45.2 Å². The molecule has 4 heteroatoms. The summed E-state index contributed by atoms with van der Waals surface area (Å²) >= 11 is 0. The first kappa shape index (κ1) is 20.2. The van der Waals surface area contributed by atoms with E-state index >= 15 is 0 Å². The molecule has 0 saturated carbocycles. The number of phenols is 1. The first-order valence-corrected chi connectivity index (χ1v) is 14.1. The number of aromatic hydroxyl groups is 1. The molecule has 0 saturated heterocycles. The maximum atomic E-state index is 13.5. The summed E-state index contributed by atoms with van der Waals surface area (Å²) in [6.07, 6.45) is 9.86. The summed E-state index contributed by atoms with van der Waals surface area (Å²) in [6.45, 7) is 7.21. The molecule has 0 amide bonds. The Hall–Kier alpha value is -2.72. The van der Waals surface area contributed by atoms with E-state index in [0.29, 0.717) is 5.56 Å². The van der Waals surface area contributed by atoms with E-state index in [1.165, 1.54) is 5.19 Å². The first-order chi connectivity index (χ1) is 14.7. The molecule has 0 spiro atoms. The van der Waals surface area contributed by atoms with Crippen molar-refractivity contribution in [3.8, 4) is 5.75 Å². The zero-order valence-corrected chi connectivity index (χ0v) is 19.3. The highest BCUT2D eigenvalue weighted by Crippen LogP contribution is 2.51. The van der Waals surface area contributed by atoms with Gasteiger partial charge in [-0.1, -0.05) is 79.8 Å². The fourth-order valence-corrected chi connectivity index (χ4v) is 8.92. The van der Waals surface area contributed by atoms with Crippen LogP contribution in [0.15, 0.2) is 60.7 Å². The highest BCUT2D eigenvalue weighted by Gasteiger charge is 2.48. The minimum absolute atomic E-state index is 0.0180. The predicted octanol–water partition coefficient (Wildman–Crippen LogP) is 4.99. The Morgan fingerprint density at radius 3 is 2.23 bits per heavy atom. The van der Waals surface area contributed by atoms with Crippen LogP contribution in [-0.4, -0.2) is 24.7 Å². The number of carbonyl (C=O) groups is 2. The van der Waals surface area contributed by atoms with Crippen molar-refractivity contribution in [3.63, 3.8) is 0 Å². The van der Waals surface area contributed by atoms with E-state index in [1.54, 1.807) is 12.1 Å². The van der Waals surface area contributed by atoms with Crippen LogP contribution < -0.4 is 5.19 Å². The normalized spacial score (nSPS) is 26.9. The molecule has 158 valence electrons. The number of Topliss-reactive ketones (excluding diaryl/α,β-unsaturated/α-hetero) is 2. The molecule has 3 nitrogen and oxygen atoms in total. The van der Waals surface area contributed by atoms with Crippen molar-refractivity contribution in [2.24, 2.45) is 11.8 Å². The maximum Gasteiger partial charge on any atom is 0.175 e. The Bertz CT molecular complexity index is 1160. The smallest absolute Gasteiger partial charge is 0.175 e. The molecular formula is C27H28O3Si. The number of benzene rings is 2. The molecule has 0 fully saturated rings. The van der Waals surface area contributed by atoms with Gasteiger partial charge in [-0.15, -0.1) is 0 Å². The quantitative estimate of drug-likeness (QED) is 0.685. The number of ketones is 2. The molecule has 1 N–H and O–H groups in total. The lowest BCUT2D eigenvalue weighted by Gasteiger charge is -2.47. The van der Waals surface area contributed by atoms with Crippen molar-refractivity contribution in [3.05, 3.63) is 83.0 Å². The lowest BCUT2D eigenvalue weighted by molar-refractivity contribution is 0.0797. The SMILES string of the molecule is CC1([Si](C)(C)c2ccccc2)CCc2c(cc(O)c3c2C(=O)C2C=CC=CC2C3=O)C1. The van der Waals surface area contributed by atoms with Crippen molar-refractivity contribution in [2.75, 3.05) is 0 Å². The summed E-state index contributed by atoms with van der Waals surface area (Å²) in [5.41, 5.74) is 2.76. The molecule has 0 radical (unpaired) electrons. The van der Waals surface area contributed by atoms with Gasteiger partial charge in [0.05, 0.1) is 25.5 Å². The van der Waals surface area contributed by atoms with Gasteiger partial charge in [0, 0.05) is 5.56 Å². The van der Waals surface area contributed by atoms with Crippen LogP contribution in [0.4, 0.5) is 0 Å². The molecule has 0 aromatic heterocycles. The monoisotopic (exact) mass is 428 g/mol. The lowest BCUT2D eigenvalue weighted by Crippen LogP contribution is -2.53. The Morgan fingerprint density at radius 1 is 0.968 bits per heavy atom. The van der Waals surface area contributed by atoms with Crippen LogP contribution >= 0.6 is 0 Å². The van der Waals surface area contributed by atoms with Crippen LogP contribution in [-0.2, 0) is 12.8 Å². The summed E-state index contributed by atoms with van der Waals surface area (Å²) in [5, 5.41) is 12.4. The van der Waals surface area contributed by atoms with Crippen molar-refractivity contribution < 1.29 is 14.7 Å². The lowest BCUT2D eigenvalue weighted by atomic mass is 9.68. The molecule has 2 aromatic rings. The third kappa shape index (κ3) is 2.84. The first-order valence-electron chi connectivity index (χ1n) is 11.1. The molecule has 3 atom stereocenters. The second kappa shape index (κ2) is 6.89. The van der Waals surface area contributed by atoms with Gasteiger partial charge >= 0.3 is 0 Å². The highest BCUT2D eigenvalue weighted by atomic mass is 28.3. The molecule has 3 unspecified atom stereocenters. The molecular weight excluding hydrogens is 400 g/mol. The highest BCUT2D eigenvalue weighted by molar-refractivity contribution is 6.92. The van der Waals surface area contributed by atoms with Crippen molar-refractivity contribution in [1.82, 2.24) is 0 Å². The zero-order valence-electron chi connectivity index (χ0n) is 18.3. The van der Waals surface area contributed by atoms with E-state index in [1.807, 2.05) is 18.2 Å². The average Bonchev–Trinajstić information content (AvgIpc) is 2.77. The predicted molar refractivity (Wildman–Crippen MR) is 126 cm³/mol. The third-order valence-electron chi connectivity index (χ3n) is 8.25. The van der Waals surface area contributed by atoms with E-state index < -0.39 is 19.9 Å². The Kier molecular flexibility index (Phi) is 4.49. The van der Waals surface area contributed by atoms with E-state index in [-0.39, 0.29) is 27.9 Å². The third-order valence-corrected chi connectivity index (χ3v) is 13.5. The summed E-state index contributed by atoms with van der Waals surface area (Å²) < 4.78 is 0. The molecule has 0 aliphatic heterocycles. The van der Waals surface area contributed by atoms with Gasteiger partial charge in [0.25, 0.3) is 0 Å². The van der Waals surface area contributed by atoms with E-state index in [2.05, 4.69) is 50.3 Å². The molecule has 5 rings (SSSR count). The molecule has 3 aliphatic carbocycles.